The zero-order valence-electron chi connectivity index (χ0n) is 19.2. The monoisotopic (exact) mass is 470 g/mol. The molecule has 3 atom stereocenters. The van der Waals surface area contributed by atoms with Crippen LogP contribution in [0.25, 0.3) is 5.57 Å². The molecule has 1 saturated heterocycles. The van der Waals surface area contributed by atoms with E-state index in [1.807, 2.05) is 18.6 Å². The zero-order chi connectivity index (χ0) is 23.5. The van der Waals surface area contributed by atoms with Gasteiger partial charge in [-0.1, -0.05) is 30.0 Å². The molecule has 33 heavy (non-hydrogen) atoms. The number of hydrogen-bond acceptors (Lipinski definition) is 6. The molecule has 176 valence electrons. The highest BCUT2D eigenvalue weighted by molar-refractivity contribution is 7.89. The van der Waals surface area contributed by atoms with E-state index >= 15 is 0 Å². The van der Waals surface area contributed by atoms with Crippen molar-refractivity contribution in [2.75, 3.05) is 13.1 Å². The number of rotatable bonds is 5. The molecule has 4 heterocycles. The molecule has 0 aromatic carbocycles. The molecule has 1 spiro atoms. The van der Waals surface area contributed by atoms with Crippen LogP contribution in [0.15, 0.2) is 52.3 Å². The van der Waals surface area contributed by atoms with Crippen molar-refractivity contribution >= 4 is 15.6 Å². The Morgan fingerprint density at radius 2 is 2.00 bits per heavy atom. The largest absolute Gasteiger partial charge is 0.392 e. The van der Waals surface area contributed by atoms with Crippen LogP contribution in [-0.2, 0) is 10.0 Å². The molecule has 8 nitrogen and oxygen atoms in total. The Balaban J connectivity index is 1.33. The van der Waals surface area contributed by atoms with Gasteiger partial charge in [0, 0.05) is 24.6 Å². The molecular weight excluding hydrogens is 440 g/mol. The smallest absolute Gasteiger partial charge is 0.248 e. The second kappa shape index (κ2) is 7.78. The minimum absolute atomic E-state index is 0.0663. The summed E-state index contributed by atoms with van der Waals surface area (Å²) in [5.74, 6) is 0.399. The Bertz CT molecular complexity index is 1240. The summed E-state index contributed by atoms with van der Waals surface area (Å²) in [6.07, 6.45) is 11.1. The summed E-state index contributed by atoms with van der Waals surface area (Å²) in [6.45, 7) is 9.93. The first kappa shape index (κ1) is 22.3. The molecule has 2 aliphatic heterocycles. The highest BCUT2D eigenvalue weighted by Crippen LogP contribution is 2.59. The molecule has 1 saturated carbocycles. The number of aryl methyl sites for hydroxylation is 2. The Morgan fingerprint density at radius 3 is 2.61 bits per heavy atom. The summed E-state index contributed by atoms with van der Waals surface area (Å²) < 4.78 is 35.1. The molecule has 1 aliphatic carbocycles. The van der Waals surface area contributed by atoms with Crippen molar-refractivity contribution in [3.05, 3.63) is 60.1 Å². The number of nitrogens with zero attached hydrogens (tertiary/aromatic N) is 4. The van der Waals surface area contributed by atoms with E-state index in [1.54, 1.807) is 19.9 Å². The maximum absolute atomic E-state index is 13.2. The van der Waals surface area contributed by atoms with E-state index in [0.717, 1.165) is 17.7 Å². The summed E-state index contributed by atoms with van der Waals surface area (Å²) in [6, 6.07) is 0.0663. The lowest BCUT2D eigenvalue weighted by Crippen LogP contribution is -2.59. The third kappa shape index (κ3) is 3.20. The molecule has 2 aromatic rings. The van der Waals surface area contributed by atoms with Gasteiger partial charge in [-0.2, -0.15) is 4.31 Å². The van der Waals surface area contributed by atoms with Gasteiger partial charge in [-0.05, 0) is 51.0 Å². The van der Waals surface area contributed by atoms with E-state index in [1.165, 1.54) is 9.88 Å². The Hall–Kier alpha value is -2.49. The normalized spacial score (nSPS) is 27.3. The fourth-order valence-electron chi connectivity index (χ4n) is 6.14. The Kier molecular flexibility index (Phi) is 5.26. The molecule has 9 heteroatoms. The van der Waals surface area contributed by atoms with Gasteiger partial charge in [-0.15, -0.1) is 0 Å². The maximum Gasteiger partial charge on any atom is 0.248 e. The molecule has 1 N–H and O–H groups in total. The molecule has 2 aromatic heterocycles. The lowest BCUT2D eigenvalue weighted by Gasteiger charge is -2.57. The van der Waals surface area contributed by atoms with Crippen molar-refractivity contribution in [3.63, 3.8) is 0 Å². The van der Waals surface area contributed by atoms with Crippen LogP contribution < -0.4 is 0 Å². The number of fused-ring (bicyclic) bond motifs is 1. The summed E-state index contributed by atoms with van der Waals surface area (Å²) in [5, 5.41) is 15.2. The average molecular weight is 471 g/mol. The summed E-state index contributed by atoms with van der Waals surface area (Å²) in [4.78, 5) is 4.50. The number of aliphatic hydroxyl groups excluding tert-OH is 1. The standard InChI is InChI=1S/C24H30N4O4S/c1-5-6-7-18-15(2)21(28-14-25-13-20(18)28)19-12-24(23(19)29)8-10-27(11-9-24)33(30,31)22-16(3)26-32-17(22)4/h5-7,13-14,19,21,23,29H,1,8-12H2,2-4H3/b7-6-. The SMILES string of the molecule is C=C/C=C\C1=C(C)C(C2CC3(CCN(S(=O)(=O)c4c(C)noc4C)CC3)C2O)n2cncc21. The van der Waals surface area contributed by atoms with Gasteiger partial charge in [-0.25, -0.2) is 13.4 Å². The molecule has 0 radical (unpaired) electrons. The van der Waals surface area contributed by atoms with Crippen molar-refractivity contribution in [1.82, 2.24) is 19.0 Å². The van der Waals surface area contributed by atoms with E-state index in [-0.39, 0.29) is 22.3 Å². The Morgan fingerprint density at radius 1 is 1.27 bits per heavy atom. The van der Waals surface area contributed by atoms with Gasteiger partial charge in [0.2, 0.25) is 10.0 Å². The zero-order valence-corrected chi connectivity index (χ0v) is 20.0. The minimum Gasteiger partial charge on any atom is -0.392 e. The second-order valence-electron chi connectivity index (χ2n) is 9.56. The highest BCUT2D eigenvalue weighted by atomic mass is 32.2. The van der Waals surface area contributed by atoms with Crippen molar-refractivity contribution < 1.29 is 18.0 Å². The van der Waals surface area contributed by atoms with E-state index in [4.69, 9.17) is 4.52 Å². The number of hydrogen-bond donors (Lipinski definition) is 1. The first-order chi connectivity index (χ1) is 15.7. The number of piperidine rings is 1. The summed E-state index contributed by atoms with van der Waals surface area (Å²) in [7, 11) is -3.66. The second-order valence-corrected chi connectivity index (χ2v) is 11.4. The van der Waals surface area contributed by atoms with Gasteiger partial charge < -0.3 is 14.2 Å². The van der Waals surface area contributed by atoms with Crippen LogP contribution in [0, 0.1) is 25.2 Å². The van der Waals surface area contributed by atoms with Crippen LogP contribution in [0.1, 0.15) is 49.4 Å². The molecule has 2 fully saturated rings. The van der Waals surface area contributed by atoms with Gasteiger partial charge in [0.15, 0.2) is 5.76 Å². The summed E-state index contributed by atoms with van der Waals surface area (Å²) >= 11 is 0. The van der Waals surface area contributed by atoms with Gasteiger partial charge in [-0.3, -0.25) is 0 Å². The fraction of sp³-hybridized carbons (Fsp3) is 0.500. The van der Waals surface area contributed by atoms with E-state index in [9.17, 15) is 13.5 Å². The van der Waals surface area contributed by atoms with Crippen molar-refractivity contribution in [3.8, 4) is 0 Å². The quantitative estimate of drug-likeness (QED) is 0.672. The Labute approximate surface area is 194 Å². The summed E-state index contributed by atoms with van der Waals surface area (Å²) in [5.41, 5.74) is 3.56. The van der Waals surface area contributed by atoms with Crippen LogP contribution in [0.2, 0.25) is 0 Å². The van der Waals surface area contributed by atoms with Crippen LogP contribution in [0.4, 0.5) is 0 Å². The topological polar surface area (TPSA) is 101 Å². The maximum atomic E-state index is 13.2. The molecule has 0 amide bonds. The van der Waals surface area contributed by atoms with Gasteiger partial charge >= 0.3 is 0 Å². The number of allylic oxidation sites excluding steroid dienone is 5. The third-order valence-electron chi connectivity index (χ3n) is 7.87. The number of aliphatic hydroxyl groups is 1. The van der Waals surface area contributed by atoms with E-state index in [0.29, 0.717) is 37.4 Å². The van der Waals surface area contributed by atoms with Crippen molar-refractivity contribution in [2.45, 2.75) is 57.1 Å². The third-order valence-corrected chi connectivity index (χ3v) is 10.0. The first-order valence-corrected chi connectivity index (χ1v) is 12.8. The van der Waals surface area contributed by atoms with Crippen LogP contribution >= 0.6 is 0 Å². The number of sulfonamides is 1. The fourth-order valence-corrected chi connectivity index (χ4v) is 7.87. The molecule has 3 unspecified atom stereocenters. The number of aromatic nitrogens is 3. The van der Waals surface area contributed by atoms with Gasteiger partial charge in [0.05, 0.1) is 30.4 Å². The molecule has 3 aliphatic rings. The van der Waals surface area contributed by atoms with Crippen LogP contribution in [0.5, 0.6) is 0 Å². The van der Waals surface area contributed by atoms with Gasteiger partial charge in [0.1, 0.15) is 10.6 Å². The van der Waals surface area contributed by atoms with Crippen LogP contribution in [0.3, 0.4) is 0 Å². The van der Waals surface area contributed by atoms with Gasteiger partial charge in [0.25, 0.3) is 0 Å². The lowest BCUT2D eigenvalue weighted by molar-refractivity contribution is -0.153. The first-order valence-electron chi connectivity index (χ1n) is 11.3. The molecule has 5 rings (SSSR count). The lowest BCUT2D eigenvalue weighted by atomic mass is 9.53. The average Bonchev–Trinajstić information content (AvgIpc) is 3.46. The van der Waals surface area contributed by atoms with E-state index < -0.39 is 16.1 Å². The number of imidazole rings is 1. The van der Waals surface area contributed by atoms with E-state index in [2.05, 4.69) is 34.3 Å². The molecular formula is C24H30N4O4S. The van der Waals surface area contributed by atoms with Crippen LogP contribution in [-0.4, -0.2) is 51.7 Å². The highest BCUT2D eigenvalue weighted by Gasteiger charge is 2.58. The van der Waals surface area contributed by atoms with Crippen molar-refractivity contribution in [1.29, 1.82) is 0 Å². The molecule has 0 bridgehead atoms. The van der Waals surface area contributed by atoms with Crippen molar-refractivity contribution in [2.24, 2.45) is 11.3 Å². The predicted molar refractivity (Wildman–Crippen MR) is 124 cm³/mol. The predicted octanol–water partition coefficient (Wildman–Crippen LogP) is 3.41. The minimum atomic E-state index is -3.66.